The Morgan fingerprint density at radius 3 is 2.71 bits per heavy atom. The quantitative estimate of drug-likeness (QED) is 0.780. The van der Waals surface area contributed by atoms with E-state index in [2.05, 4.69) is 0 Å². The molecule has 14 heavy (non-hydrogen) atoms. The van der Waals surface area contributed by atoms with Gasteiger partial charge < -0.3 is 15.0 Å². The maximum Gasteiger partial charge on any atom is 0.250 e. The lowest BCUT2D eigenvalue weighted by Crippen LogP contribution is -2.30. The van der Waals surface area contributed by atoms with E-state index in [1.807, 2.05) is 24.6 Å². The van der Waals surface area contributed by atoms with Crippen molar-refractivity contribution in [2.24, 2.45) is 5.73 Å². The van der Waals surface area contributed by atoms with Crippen LogP contribution in [0.1, 0.15) is 24.2 Å². The first-order valence-corrected chi connectivity index (χ1v) is 4.44. The Morgan fingerprint density at radius 2 is 2.29 bits per heavy atom. The molecule has 0 atom stereocenters. The standard InChI is InChI=1S/C10H16N2O2/c1-10(2,7-14-3)12-5-4-8(6-12)9(11)13/h4-6H,7H2,1-3H3,(H2,11,13). The normalized spacial score (nSPS) is 11.6. The average Bonchev–Trinajstić information content (AvgIpc) is 2.51. The number of primary amides is 1. The second-order valence-corrected chi connectivity index (χ2v) is 3.92. The number of methoxy groups -OCH3 is 1. The van der Waals surface area contributed by atoms with Gasteiger partial charge in [0.15, 0.2) is 0 Å². The number of amides is 1. The van der Waals surface area contributed by atoms with Crippen molar-refractivity contribution in [1.82, 2.24) is 4.57 Å². The zero-order chi connectivity index (χ0) is 10.8. The Labute approximate surface area is 83.7 Å². The smallest absolute Gasteiger partial charge is 0.250 e. The molecule has 0 saturated carbocycles. The van der Waals surface area contributed by atoms with Crippen LogP contribution in [-0.4, -0.2) is 24.2 Å². The predicted molar refractivity (Wildman–Crippen MR) is 54.1 cm³/mol. The highest BCUT2D eigenvalue weighted by Crippen LogP contribution is 2.16. The van der Waals surface area contributed by atoms with Crippen LogP contribution in [0.25, 0.3) is 0 Å². The fourth-order valence-corrected chi connectivity index (χ4v) is 1.35. The highest BCUT2D eigenvalue weighted by atomic mass is 16.5. The summed E-state index contributed by atoms with van der Waals surface area (Å²) in [6.45, 7) is 4.64. The van der Waals surface area contributed by atoms with Gasteiger partial charge in [-0.25, -0.2) is 0 Å². The summed E-state index contributed by atoms with van der Waals surface area (Å²) in [6.07, 6.45) is 3.57. The van der Waals surface area contributed by atoms with E-state index in [1.165, 1.54) is 0 Å². The van der Waals surface area contributed by atoms with E-state index in [1.54, 1.807) is 19.4 Å². The molecule has 0 aliphatic carbocycles. The lowest BCUT2D eigenvalue weighted by atomic mass is 10.1. The molecule has 0 aliphatic rings. The van der Waals surface area contributed by atoms with Gasteiger partial charge in [-0.15, -0.1) is 0 Å². The van der Waals surface area contributed by atoms with Crippen molar-refractivity contribution in [3.05, 3.63) is 24.0 Å². The molecule has 0 fully saturated rings. The third-order valence-corrected chi connectivity index (χ3v) is 2.17. The van der Waals surface area contributed by atoms with E-state index in [0.717, 1.165) is 0 Å². The second kappa shape index (κ2) is 3.84. The molecule has 1 rings (SSSR count). The minimum atomic E-state index is -0.406. The van der Waals surface area contributed by atoms with Crippen LogP contribution in [0.2, 0.25) is 0 Å². The zero-order valence-electron chi connectivity index (χ0n) is 8.78. The summed E-state index contributed by atoms with van der Waals surface area (Å²) in [6, 6.07) is 1.71. The Bertz CT molecular complexity index is 329. The van der Waals surface area contributed by atoms with Gasteiger partial charge in [0.25, 0.3) is 0 Å². The van der Waals surface area contributed by atoms with Crippen LogP contribution < -0.4 is 5.73 Å². The summed E-state index contributed by atoms with van der Waals surface area (Å²) in [5, 5.41) is 0. The molecule has 0 radical (unpaired) electrons. The molecule has 1 heterocycles. The fraction of sp³-hybridized carbons (Fsp3) is 0.500. The molecule has 1 aromatic heterocycles. The number of carbonyl (C=O) groups excluding carboxylic acids is 1. The van der Waals surface area contributed by atoms with E-state index >= 15 is 0 Å². The first kappa shape index (κ1) is 10.8. The van der Waals surface area contributed by atoms with Gasteiger partial charge >= 0.3 is 0 Å². The van der Waals surface area contributed by atoms with Crippen LogP contribution in [0, 0.1) is 0 Å². The first-order chi connectivity index (χ1) is 6.47. The van der Waals surface area contributed by atoms with Crippen LogP contribution >= 0.6 is 0 Å². The van der Waals surface area contributed by atoms with Crippen molar-refractivity contribution < 1.29 is 9.53 Å². The molecule has 1 aromatic rings. The summed E-state index contributed by atoms with van der Waals surface area (Å²) < 4.78 is 7.02. The zero-order valence-corrected chi connectivity index (χ0v) is 8.78. The summed E-state index contributed by atoms with van der Waals surface area (Å²) in [4.78, 5) is 10.9. The monoisotopic (exact) mass is 196 g/mol. The van der Waals surface area contributed by atoms with Crippen LogP contribution in [0.3, 0.4) is 0 Å². The first-order valence-electron chi connectivity index (χ1n) is 4.44. The third-order valence-electron chi connectivity index (χ3n) is 2.17. The van der Waals surface area contributed by atoms with E-state index in [0.29, 0.717) is 12.2 Å². The minimum Gasteiger partial charge on any atom is -0.382 e. The van der Waals surface area contributed by atoms with E-state index in [4.69, 9.17) is 10.5 Å². The number of nitrogens with zero attached hydrogens (tertiary/aromatic N) is 1. The molecular formula is C10H16N2O2. The molecule has 1 amide bonds. The Balaban J connectivity index is 2.90. The van der Waals surface area contributed by atoms with Gasteiger partial charge in [0, 0.05) is 19.5 Å². The number of rotatable bonds is 4. The maximum atomic E-state index is 10.9. The highest BCUT2D eigenvalue weighted by molar-refractivity contribution is 5.92. The third kappa shape index (κ3) is 2.14. The van der Waals surface area contributed by atoms with Gasteiger partial charge in [-0.1, -0.05) is 0 Å². The number of hydrogen-bond donors (Lipinski definition) is 1. The molecule has 2 N–H and O–H groups in total. The van der Waals surface area contributed by atoms with Gasteiger partial charge in [-0.05, 0) is 19.9 Å². The van der Waals surface area contributed by atoms with E-state index < -0.39 is 5.91 Å². The van der Waals surface area contributed by atoms with Gasteiger partial charge in [0.05, 0.1) is 17.7 Å². The number of hydrogen-bond acceptors (Lipinski definition) is 2. The molecule has 0 spiro atoms. The Kier molecular flexibility index (Phi) is 2.96. The van der Waals surface area contributed by atoms with Gasteiger partial charge in [0.1, 0.15) is 0 Å². The largest absolute Gasteiger partial charge is 0.382 e. The summed E-state index contributed by atoms with van der Waals surface area (Å²) in [5.74, 6) is -0.406. The Hall–Kier alpha value is -1.29. The molecule has 0 unspecified atom stereocenters. The van der Waals surface area contributed by atoms with Crippen molar-refractivity contribution >= 4 is 5.91 Å². The summed E-state index contributed by atoms with van der Waals surface area (Å²) in [7, 11) is 1.65. The van der Waals surface area contributed by atoms with Crippen molar-refractivity contribution in [3.63, 3.8) is 0 Å². The van der Waals surface area contributed by atoms with Crippen LogP contribution in [0.5, 0.6) is 0 Å². The number of aromatic nitrogens is 1. The van der Waals surface area contributed by atoms with E-state index in [-0.39, 0.29) is 5.54 Å². The van der Waals surface area contributed by atoms with Crippen LogP contribution in [0.15, 0.2) is 18.5 Å². The highest BCUT2D eigenvalue weighted by Gasteiger charge is 2.20. The number of ether oxygens (including phenoxy) is 1. The van der Waals surface area contributed by atoms with Crippen molar-refractivity contribution in [1.29, 1.82) is 0 Å². The van der Waals surface area contributed by atoms with Gasteiger partial charge in [-0.3, -0.25) is 4.79 Å². The topological polar surface area (TPSA) is 57.2 Å². The number of carbonyl (C=O) groups is 1. The Morgan fingerprint density at radius 1 is 1.64 bits per heavy atom. The molecule has 0 aliphatic heterocycles. The molecule has 0 aromatic carbocycles. The molecule has 0 bridgehead atoms. The molecule has 4 nitrogen and oxygen atoms in total. The van der Waals surface area contributed by atoms with Gasteiger partial charge in [0.2, 0.25) is 5.91 Å². The molecule has 0 saturated heterocycles. The van der Waals surface area contributed by atoms with Crippen LogP contribution in [0.4, 0.5) is 0 Å². The van der Waals surface area contributed by atoms with Crippen LogP contribution in [-0.2, 0) is 10.3 Å². The fourth-order valence-electron chi connectivity index (χ4n) is 1.35. The minimum absolute atomic E-state index is 0.164. The predicted octanol–water partition coefficient (Wildman–Crippen LogP) is 0.969. The van der Waals surface area contributed by atoms with Gasteiger partial charge in [-0.2, -0.15) is 0 Å². The lowest BCUT2D eigenvalue weighted by molar-refractivity contribution is 0.0996. The maximum absolute atomic E-state index is 10.9. The summed E-state index contributed by atoms with van der Waals surface area (Å²) >= 11 is 0. The second-order valence-electron chi connectivity index (χ2n) is 3.92. The lowest BCUT2D eigenvalue weighted by Gasteiger charge is -2.25. The number of nitrogens with two attached hydrogens (primary N) is 1. The molecule has 4 heteroatoms. The molecular weight excluding hydrogens is 180 g/mol. The van der Waals surface area contributed by atoms with Crippen molar-refractivity contribution in [2.45, 2.75) is 19.4 Å². The summed E-state index contributed by atoms with van der Waals surface area (Å²) in [5.41, 5.74) is 5.52. The SMILES string of the molecule is COCC(C)(C)n1ccc(C(N)=O)c1. The average molecular weight is 196 g/mol. The molecule has 78 valence electrons. The van der Waals surface area contributed by atoms with Crippen molar-refractivity contribution in [2.75, 3.05) is 13.7 Å². The van der Waals surface area contributed by atoms with Crippen molar-refractivity contribution in [3.8, 4) is 0 Å². The van der Waals surface area contributed by atoms with E-state index in [9.17, 15) is 4.79 Å².